The van der Waals surface area contributed by atoms with E-state index in [9.17, 15) is 17.5 Å². The molecule has 0 radical (unpaired) electrons. The van der Waals surface area contributed by atoms with Gasteiger partial charge in [-0.05, 0) is 30.2 Å². The molecule has 24 heavy (non-hydrogen) atoms. The normalized spacial score (nSPS) is 12.7. The van der Waals surface area contributed by atoms with Gasteiger partial charge < -0.3 is 9.29 Å². The lowest BCUT2D eigenvalue weighted by molar-refractivity contribution is -0.0518. The summed E-state index contributed by atoms with van der Waals surface area (Å²) in [6.07, 6.45) is 1.53. The van der Waals surface area contributed by atoms with Gasteiger partial charge in [0.05, 0.1) is 16.6 Å². The Hall–Kier alpha value is -2.39. The maximum absolute atomic E-state index is 12.5. The first-order chi connectivity index (χ1) is 11.5. The Balaban J connectivity index is 2.10. The Bertz CT molecular complexity index is 914. The topological polar surface area (TPSA) is 90.9 Å². The van der Waals surface area contributed by atoms with Crippen LogP contribution in [0.25, 0.3) is 22.2 Å². The van der Waals surface area contributed by atoms with Crippen molar-refractivity contribution in [2.45, 2.75) is 19.3 Å². The summed E-state index contributed by atoms with van der Waals surface area (Å²) in [4.78, 5) is 4.24. The molecule has 0 aliphatic carbocycles. The molecule has 1 unspecified atom stereocenters. The zero-order valence-corrected chi connectivity index (χ0v) is 13.3. The van der Waals surface area contributed by atoms with E-state index in [4.69, 9.17) is 0 Å². The number of rotatable bonds is 5. The van der Waals surface area contributed by atoms with Crippen LogP contribution in [0.2, 0.25) is 0 Å². The molecule has 0 fully saturated rings. The molecule has 1 atom stereocenters. The van der Waals surface area contributed by atoms with E-state index in [1.54, 1.807) is 31.2 Å². The number of hydrogen-bond acceptors (Lipinski definition) is 5. The first-order valence-electron chi connectivity index (χ1n) is 6.89. The van der Waals surface area contributed by atoms with Crippen LogP contribution in [0.3, 0.4) is 0 Å². The van der Waals surface area contributed by atoms with Gasteiger partial charge in [0.1, 0.15) is 0 Å². The van der Waals surface area contributed by atoms with E-state index < -0.39 is 17.7 Å². The second-order valence-corrected chi connectivity index (χ2v) is 5.97. The van der Waals surface area contributed by atoms with Gasteiger partial charge in [-0.3, -0.25) is 14.3 Å². The average Bonchev–Trinajstić information content (AvgIpc) is 2.91. The number of hydrogen-bond donors (Lipinski definition) is 1. The number of halogens is 2. The van der Waals surface area contributed by atoms with E-state index in [0.29, 0.717) is 27.7 Å². The summed E-state index contributed by atoms with van der Waals surface area (Å²) in [5, 5.41) is 6.72. The first kappa shape index (κ1) is 16.5. The van der Waals surface area contributed by atoms with Crippen molar-refractivity contribution in [1.82, 2.24) is 15.2 Å². The molecule has 3 aromatic rings. The lowest BCUT2D eigenvalue weighted by Gasteiger charge is -2.11. The third-order valence-electron chi connectivity index (χ3n) is 3.53. The number of aromatic amines is 1. The van der Waals surface area contributed by atoms with Crippen molar-refractivity contribution in [3.63, 3.8) is 0 Å². The predicted octanol–water partition coefficient (Wildman–Crippen LogP) is 2.91. The molecule has 0 spiro atoms. The molecule has 1 N–H and O–H groups in total. The highest BCUT2D eigenvalue weighted by molar-refractivity contribution is 7.78. The summed E-state index contributed by atoms with van der Waals surface area (Å²) in [5.41, 5.74) is 3.01. The summed E-state index contributed by atoms with van der Waals surface area (Å²) in [6, 6.07) is 6.72. The maximum Gasteiger partial charge on any atom is 0.388 e. The van der Waals surface area contributed by atoms with Crippen LogP contribution in [0.15, 0.2) is 30.5 Å². The molecule has 0 amide bonds. The lowest BCUT2D eigenvalue weighted by atomic mass is 10.0. The monoisotopic (exact) mass is 352 g/mol. The fourth-order valence-corrected chi connectivity index (χ4v) is 3.04. The van der Waals surface area contributed by atoms with E-state index in [1.807, 2.05) is 0 Å². The van der Waals surface area contributed by atoms with Crippen LogP contribution in [-0.2, 0) is 16.8 Å². The van der Waals surface area contributed by atoms with Gasteiger partial charge in [-0.1, -0.05) is 23.2 Å². The minimum atomic E-state index is -3.00. The molecular formula is C15H12F2N3O3S-. The van der Waals surface area contributed by atoms with Crippen molar-refractivity contribution in [3.05, 3.63) is 41.6 Å². The highest BCUT2D eigenvalue weighted by Crippen LogP contribution is 2.33. The van der Waals surface area contributed by atoms with Gasteiger partial charge in [0, 0.05) is 17.5 Å². The molecule has 0 aliphatic heterocycles. The molecule has 6 nitrogen and oxygen atoms in total. The highest BCUT2D eigenvalue weighted by atomic mass is 32.2. The van der Waals surface area contributed by atoms with E-state index in [-0.39, 0.29) is 11.6 Å². The number of nitrogens with zero attached hydrogens (tertiary/aromatic N) is 2. The van der Waals surface area contributed by atoms with Crippen molar-refractivity contribution in [2.24, 2.45) is 0 Å². The van der Waals surface area contributed by atoms with Gasteiger partial charge in [-0.25, -0.2) is 0 Å². The van der Waals surface area contributed by atoms with Crippen LogP contribution in [0.1, 0.15) is 11.1 Å². The van der Waals surface area contributed by atoms with Crippen LogP contribution in [0, 0.1) is 6.92 Å². The fraction of sp³-hybridized carbons (Fsp3) is 0.200. The van der Waals surface area contributed by atoms with Crippen molar-refractivity contribution >= 4 is 22.0 Å². The Morgan fingerprint density at radius 2 is 2.17 bits per heavy atom. The Morgan fingerprint density at radius 3 is 2.83 bits per heavy atom. The second-order valence-electron chi connectivity index (χ2n) is 5.08. The third kappa shape index (κ3) is 3.26. The lowest BCUT2D eigenvalue weighted by Crippen LogP contribution is -2.03. The van der Waals surface area contributed by atoms with Crippen LogP contribution in [-0.4, -0.2) is 30.6 Å². The number of ether oxygens (including phenoxy) is 1. The first-order valence-corrected chi connectivity index (χ1v) is 8.13. The number of H-pyrrole nitrogens is 1. The zero-order valence-electron chi connectivity index (χ0n) is 12.5. The number of benzene rings is 1. The molecule has 0 saturated carbocycles. The third-order valence-corrected chi connectivity index (χ3v) is 4.08. The number of aromatic nitrogens is 3. The van der Waals surface area contributed by atoms with Gasteiger partial charge >= 0.3 is 6.61 Å². The van der Waals surface area contributed by atoms with E-state index in [1.165, 1.54) is 6.20 Å². The largest absolute Gasteiger partial charge is 0.772 e. The summed E-state index contributed by atoms with van der Waals surface area (Å²) in [5.74, 6) is -0.319. The van der Waals surface area contributed by atoms with Crippen LogP contribution >= 0.6 is 0 Å². The molecule has 0 aliphatic rings. The van der Waals surface area contributed by atoms with Gasteiger partial charge in [-0.15, -0.1) is 5.10 Å². The van der Waals surface area contributed by atoms with Crippen molar-refractivity contribution < 1.29 is 22.3 Å². The summed E-state index contributed by atoms with van der Waals surface area (Å²) >= 11 is -2.19. The zero-order chi connectivity index (χ0) is 17.3. The molecule has 0 saturated heterocycles. The standard InChI is InChI=1S/C15H13F2N3O3S/c1-8-6-9(2-3-10(8)7-24(21)22)13-12-11(4-5-18-13)19-20-14(12)23-15(16)17/h2-6,15H,7H2,1H3,(H,19,20)(H,21,22)/p-1. The molecule has 9 heteroatoms. The van der Waals surface area contributed by atoms with Crippen LogP contribution < -0.4 is 4.74 Å². The summed E-state index contributed by atoms with van der Waals surface area (Å²) < 4.78 is 51.2. The fourth-order valence-electron chi connectivity index (χ4n) is 2.46. The van der Waals surface area contributed by atoms with Crippen molar-refractivity contribution in [3.8, 4) is 17.1 Å². The Morgan fingerprint density at radius 1 is 1.38 bits per heavy atom. The molecule has 2 heterocycles. The average molecular weight is 352 g/mol. The van der Waals surface area contributed by atoms with Crippen LogP contribution in [0.4, 0.5) is 8.78 Å². The Kier molecular flexibility index (Phi) is 4.54. The minimum absolute atomic E-state index is 0.0881. The predicted molar refractivity (Wildman–Crippen MR) is 83.3 cm³/mol. The van der Waals surface area contributed by atoms with E-state index in [2.05, 4.69) is 19.9 Å². The quantitative estimate of drug-likeness (QED) is 0.713. The van der Waals surface area contributed by atoms with Gasteiger partial charge in [0.15, 0.2) is 0 Å². The van der Waals surface area contributed by atoms with Crippen LogP contribution in [0.5, 0.6) is 5.88 Å². The Labute approximate surface area is 138 Å². The minimum Gasteiger partial charge on any atom is -0.772 e. The number of nitrogens with one attached hydrogen (secondary N) is 1. The molecule has 0 bridgehead atoms. The molecule has 126 valence electrons. The second kappa shape index (κ2) is 6.62. The van der Waals surface area contributed by atoms with Gasteiger partial charge in [0.25, 0.3) is 0 Å². The number of aryl methyl sites for hydroxylation is 1. The summed E-state index contributed by atoms with van der Waals surface area (Å²) in [7, 11) is 0. The number of fused-ring (bicyclic) bond motifs is 1. The number of alkyl halides is 2. The maximum atomic E-state index is 12.5. The van der Waals surface area contributed by atoms with Crippen molar-refractivity contribution in [2.75, 3.05) is 0 Å². The number of pyridine rings is 1. The van der Waals surface area contributed by atoms with E-state index >= 15 is 0 Å². The summed E-state index contributed by atoms with van der Waals surface area (Å²) in [6.45, 7) is -1.22. The molecular weight excluding hydrogens is 340 g/mol. The van der Waals surface area contributed by atoms with E-state index in [0.717, 1.165) is 5.56 Å². The molecule has 3 rings (SSSR count). The van der Waals surface area contributed by atoms with Gasteiger partial charge in [-0.2, -0.15) is 8.78 Å². The van der Waals surface area contributed by atoms with Crippen molar-refractivity contribution in [1.29, 1.82) is 0 Å². The molecule has 1 aromatic carbocycles. The highest BCUT2D eigenvalue weighted by Gasteiger charge is 2.17. The molecule has 2 aromatic heterocycles. The SMILES string of the molecule is Cc1cc(-c2nccc3[nH]nc(OC(F)F)c23)ccc1CS(=O)[O-]. The van der Waals surface area contributed by atoms with Gasteiger partial charge in [0.2, 0.25) is 5.88 Å². The smallest absolute Gasteiger partial charge is 0.388 e.